The van der Waals surface area contributed by atoms with Gasteiger partial charge in [-0.05, 0) is 48.9 Å². The van der Waals surface area contributed by atoms with Gasteiger partial charge in [-0.25, -0.2) is 0 Å². The van der Waals surface area contributed by atoms with Crippen molar-refractivity contribution in [1.82, 2.24) is 5.32 Å². The van der Waals surface area contributed by atoms with Crippen LogP contribution < -0.4 is 5.32 Å². The Morgan fingerprint density at radius 1 is 1.29 bits per heavy atom. The molecule has 3 saturated carbocycles. The van der Waals surface area contributed by atoms with Gasteiger partial charge in [0, 0.05) is 12.5 Å². The van der Waals surface area contributed by atoms with Crippen molar-refractivity contribution in [2.75, 3.05) is 6.54 Å². The van der Waals surface area contributed by atoms with Gasteiger partial charge in [-0.15, -0.1) is 0 Å². The molecule has 3 aliphatic rings. The molecule has 5 atom stereocenters. The molecule has 5 unspecified atom stereocenters. The van der Waals surface area contributed by atoms with Crippen LogP contribution >= 0.6 is 0 Å². The molecule has 0 aromatic heterocycles. The van der Waals surface area contributed by atoms with Crippen LogP contribution in [0.5, 0.6) is 0 Å². The Labute approximate surface area is 103 Å². The number of aliphatic hydroxyl groups is 1. The molecule has 3 heteroatoms. The van der Waals surface area contributed by atoms with E-state index in [0.29, 0.717) is 24.3 Å². The van der Waals surface area contributed by atoms with Crippen molar-refractivity contribution in [3.05, 3.63) is 0 Å². The molecular weight excluding hydrogens is 214 g/mol. The number of rotatable bonds is 4. The maximum Gasteiger partial charge on any atom is 0.223 e. The Bertz CT molecular complexity index is 312. The molecule has 3 rings (SSSR count). The second-order valence-electron chi connectivity index (χ2n) is 6.57. The van der Waals surface area contributed by atoms with E-state index >= 15 is 0 Å². The number of carbonyl (C=O) groups excluding carboxylic acids is 1. The minimum Gasteiger partial charge on any atom is -0.391 e. The van der Waals surface area contributed by atoms with Crippen LogP contribution in [0.4, 0.5) is 0 Å². The number of aliphatic hydroxyl groups excluding tert-OH is 1. The van der Waals surface area contributed by atoms with Crippen LogP contribution in [-0.4, -0.2) is 23.7 Å². The Morgan fingerprint density at radius 2 is 1.88 bits per heavy atom. The van der Waals surface area contributed by atoms with Gasteiger partial charge in [-0.1, -0.05) is 13.8 Å². The van der Waals surface area contributed by atoms with E-state index in [0.717, 1.165) is 11.8 Å². The first-order chi connectivity index (χ1) is 8.09. The molecule has 3 fully saturated rings. The summed E-state index contributed by atoms with van der Waals surface area (Å²) in [5.41, 5.74) is 0. The fraction of sp³-hybridized carbons (Fsp3) is 0.929. The number of hydrogen-bond donors (Lipinski definition) is 2. The van der Waals surface area contributed by atoms with E-state index in [1.165, 1.54) is 19.3 Å². The van der Waals surface area contributed by atoms with Gasteiger partial charge in [-0.2, -0.15) is 0 Å². The molecule has 2 N–H and O–H groups in total. The zero-order chi connectivity index (χ0) is 12.2. The lowest BCUT2D eigenvalue weighted by atomic mass is 10.0. The van der Waals surface area contributed by atoms with E-state index in [2.05, 4.69) is 5.32 Å². The first-order valence-corrected chi connectivity index (χ1v) is 7.05. The summed E-state index contributed by atoms with van der Waals surface area (Å²) in [4.78, 5) is 12.0. The van der Waals surface area contributed by atoms with Gasteiger partial charge in [-0.3, -0.25) is 4.79 Å². The topological polar surface area (TPSA) is 49.3 Å². The van der Waals surface area contributed by atoms with Gasteiger partial charge in [0.15, 0.2) is 0 Å². The molecule has 2 bridgehead atoms. The van der Waals surface area contributed by atoms with Gasteiger partial charge in [0.25, 0.3) is 0 Å². The predicted molar refractivity (Wildman–Crippen MR) is 65.2 cm³/mol. The molecule has 96 valence electrons. The van der Waals surface area contributed by atoms with E-state index in [4.69, 9.17) is 0 Å². The molecule has 0 heterocycles. The van der Waals surface area contributed by atoms with Gasteiger partial charge < -0.3 is 10.4 Å². The van der Waals surface area contributed by atoms with Gasteiger partial charge in [0.2, 0.25) is 5.91 Å². The van der Waals surface area contributed by atoms with E-state index in [9.17, 15) is 9.90 Å². The van der Waals surface area contributed by atoms with E-state index in [-0.39, 0.29) is 11.8 Å². The molecule has 0 saturated heterocycles. The van der Waals surface area contributed by atoms with Crippen molar-refractivity contribution in [3.63, 3.8) is 0 Å². The highest BCUT2D eigenvalue weighted by molar-refractivity contribution is 5.82. The van der Waals surface area contributed by atoms with Crippen LogP contribution in [0, 0.1) is 35.5 Å². The third kappa shape index (κ3) is 1.79. The fourth-order valence-electron chi connectivity index (χ4n) is 4.23. The van der Waals surface area contributed by atoms with Gasteiger partial charge >= 0.3 is 0 Å². The lowest BCUT2D eigenvalue weighted by Crippen LogP contribution is -2.36. The summed E-state index contributed by atoms with van der Waals surface area (Å²) in [6.45, 7) is 4.37. The van der Waals surface area contributed by atoms with Crippen molar-refractivity contribution in [3.8, 4) is 0 Å². The first-order valence-electron chi connectivity index (χ1n) is 7.05. The van der Waals surface area contributed by atoms with E-state index in [1.54, 1.807) is 0 Å². The summed E-state index contributed by atoms with van der Waals surface area (Å²) in [6, 6.07) is 0. The lowest BCUT2D eigenvalue weighted by Gasteiger charge is -2.16. The van der Waals surface area contributed by atoms with Crippen LogP contribution in [0.25, 0.3) is 0 Å². The van der Waals surface area contributed by atoms with Gasteiger partial charge in [0.1, 0.15) is 0 Å². The summed E-state index contributed by atoms with van der Waals surface area (Å²) in [5.74, 6) is 3.79. The number of nitrogens with one attached hydrogen (secondary N) is 1. The maximum absolute atomic E-state index is 12.0. The molecule has 17 heavy (non-hydrogen) atoms. The normalized spacial score (nSPS) is 43.6. The quantitative estimate of drug-likeness (QED) is 0.776. The van der Waals surface area contributed by atoms with Crippen molar-refractivity contribution in [1.29, 1.82) is 0 Å². The SMILES string of the molecule is CC(C)C(O)CNC(=O)C1C2C3CCC(C3)C12. The molecule has 0 aromatic carbocycles. The van der Waals surface area contributed by atoms with Crippen molar-refractivity contribution in [2.24, 2.45) is 35.5 Å². The van der Waals surface area contributed by atoms with Crippen molar-refractivity contribution in [2.45, 2.75) is 39.2 Å². The average molecular weight is 237 g/mol. The zero-order valence-corrected chi connectivity index (χ0v) is 10.7. The smallest absolute Gasteiger partial charge is 0.223 e. The highest BCUT2D eigenvalue weighted by atomic mass is 16.3. The zero-order valence-electron chi connectivity index (χ0n) is 10.7. The van der Waals surface area contributed by atoms with Crippen LogP contribution in [0.1, 0.15) is 33.1 Å². The van der Waals surface area contributed by atoms with Crippen LogP contribution in [0.15, 0.2) is 0 Å². The standard InChI is InChI=1S/C14H23NO2/c1-7(2)10(16)6-15-14(17)13-11-8-3-4-9(5-8)12(11)13/h7-13,16H,3-6H2,1-2H3,(H,15,17). The first kappa shape index (κ1) is 11.5. The second-order valence-corrected chi connectivity index (χ2v) is 6.57. The summed E-state index contributed by atoms with van der Waals surface area (Å²) in [6.07, 6.45) is 3.68. The Hall–Kier alpha value is -0.570. The maximum atomic E-state index is 12.0. The molecule has 3 aliphatic carbocycles. The summed E-state index contributed by atoms with van der Waals surface area (Å²) >= 11 is 0. The van der Waals surface area contributed by atoms with E-state index < -0.39 is 6.10 Å². The third-order valence-corrected chi connectivity index (χ3v) is 5.29. The van der Waals surface area contributed by atoms with E-state index in [1.807, 2.05) is 13.8 Å². The molecule has 0 aliphatic heterocycles. The van der Waals surface area contributed by atoms with Crippen molar-refractivity contribution < 1.29 is 9.90 Å². The molecule has 0 spiro atoms. The number of carbonyl (C=O) groups is 1. The highest BCUT2D eigenvalue weighted by Crippen LogP contribution is 2.69. The summed E-state index contributed by atoms with van der Waals surface area (Å²) < 4.78 is 0. The summed E-state index contributed by atoms with van der Waals surface area (Å²) in [7, 11) is 0. The molecule has 0 radical (unpaired) electrons. The minimum atomic E-state index is -0.408. The molecule has 3 nitrogen and oxygen atoms in total. The summed E-state index contributed by atoms with van der Waals surface area (Å²) in [5, 5.41) is 12.6. The van der Waals surface area contributed by atoms with Crippen LogP contribution in [0.3, 0.4) is 0 Å². The molecular formula is C14H23NO2. The Balaban J connectivity index is 1.49. The van der Waals surface area contributed by atoms with Crippen LogP contribution in [0.2, 0.25) is 0 Å². The fourth-order valence-corrected chi connectivity index (χ4v) is 4.23. The number of amides is 1. The Kier molecular flexibility index (Phi) is 2.69. The van der Waals surface area contributed by atoms with Crippen LogP contribution in [-0.2, 0) is 4.79 Å². The monoisotopic (exact) mass is 237 g/mol. The van der Waals surface area contributed by atoms with Crippen molar-refractivity contribution >= 4 is 5.91 Å². The average Bonchev–Trinajstić information content (AvgIpc) is 2.74. The Morgan fingerprint density at radius 3 is 2.41 bits per heavy atom. The predicted octanol–water partition coefficient (Wildman–Crippen LogP) is 1.41. The number of fused-ring (bicyclic) bond motifs is 5. The number of hydrogen-bond acceptors (Lipinski definition) is 2. The third-order valence-electron chi connectivity index (χ3n) is 5.29. The minimum absolute atomic E-state index is 0.205. The largest absolute Gasteiger partial charge is 0.391 e. The second kappa shape index (κ2) is 3.98. The highest BCUT2D eigenvalue weighted by Gasteiger charge is 2.67. The molecule has 0 aromatic rings. The van der Waals surface area contributed by atoms with Gasteiger partial charge in [0.05, 0.1) is 6.10 Å². The molecule has 1 amide bonds. The lowest BCUT2D eigenvalue weighted by molar-refractivity contribution is -0.123.